The van der Waals surface area contributed by atoms with Crippen LogP contribution in [0.5, 0.6) is 0 Å². The highest BCUT2D eigenvalue weighted by Crippen LogP contribution is 2.34. The van der Waals surface area contributed by atoms with Crippen molar-refractivity contribution >= 4 is 34.1 Å². The summed E-state index contributed by atoms with van der Waals surface area (Å²) in [7, 11) is 0. The molecule has 0 fully saturated rings. The first-order chi connectivity index (χ1) is 13.0. The van der Waals surface area contributed by atoms with Crippen LogP contribution in [-0.2, 0) is 16.0 Å². The zero-order valence-electron chi connectivity index (χ0n) is 15.7. The SMILES string of the molecule is CCOC(=O)c1c(NC(=O)CCCNC(=O)c2ccco2)sc(C)c1CC. The van der Waals surface area contributed by atoms with Gasteiger partial charge in [-0.15, -0.1) is 11.3 Å². The second-order valence-electron chi connectivity index (χ2n) is 5.80. The molecule has 0 aliphatic rings. The Labute approximate surface area is 162 Å². The number of esters is 1. The van der Waals surface area contributed by atoms with Gasteiger partial charge in [0.05, 0.1) is 18.4 Å². The molecule has 2 aromatic rings. The van der Waals surface area contributed by atoms with Crippen molar-refractivity contribution in [3.05, 3.63) is 40.2 Å². The van der Waals surface area contributed by atoms with E-state index in [0.717, 1.165) is 10.4 Å². The minimum Gasteiger partial charge on any atom is -0.462 e. The fourth-order valence-corrected chi connectivity index (χ4v) is 3.80. The molecule has 0 aliphatic carbocycles. The summed E-state index contributed by atoms with van der Waals surface area (Å²) in [4.78, 5) is 37.2. The lowest BCUT2D eigenvalue weighted by Gasteiger charge is -2.08. The molecule has 0 aliphatic heterocycles. The molecule has 146 valence electrons. The molecular formula is C19H24N2O5S. The average molecular weight is 392 g/mol. The van der Waals surface area contributed by atoms with E-state index in [1.165, 1.54) is 17.6 Å². The number of carbonyl (C=O) groups is 3. The molecule has 0 radical (unpaired) electrons. The molecule has 2 amide bonds. The second kappa shape index (κ2) is 9.91. The van der Waals surface area contributed by atoms with Gasteiger partial charge in [0.2, 0.25) is 5.91 Å². The quantitative estimate of drug-likeness (QED) is 0.502. The van der Waals surface area contributed by atoms with Crippen molar-refractivity contribution in [3.8, 4) is 0 Å². The summed E-state index contributed by atoms with van der Waals surface area (Å²) in [6, 6.07) is 3.21. The third-order valence-corrected chi connectivity index (χ3v) is 4.97. The van der Waals surface area contributed by atoms with Crippen LogP contribution in [0.25, 0.3) is 0 Å². The lowest BCUT2D eigenvalue weighted by atomic mass is 10.1. The lowest BCUT2D eigenvalue weighted by molar-refractivity contribution is -0.116. The lowest BCUT2D eigenvalue weighted by Crippen LogP contribution is -2.25. The monoisotopic (exact) mass is 392 g/mol. The van der Waals surface area contributed by atoms with Crippen LogP contribution in [0.4, 0.5) is 5.00 Å². The zero-order chi connectivity index (χ0) is 19.8. The van der Waals surface area contributed by atoms with E-state index in [-0.39, 0.29) is 30.6 Å². The summed E-state index contributed by atoms with van der Waals surface area (Å²) in [5.74, 6) is -0.706. The first kappa shape index (κ1) is 20.7. The van der Waals surface area contributed by atoms with Crippen LogP contribution in [0.15, 0.2) is 22.8 Å². The Hall–Kier alpha value is -2.61. The van der Waals surface area contributed by atoms with Gasteiger partial charge in [-0.2, -0.15) is 0 Å². The van der Waals surface area contributed by atoms with Gasteiger partial charge in [-0.1, -0.05) is 6.92 Å². The van der Waals surface area contributed by atoms with Crippen LogP contribution in [0.2, 0.25) is 0 Å². The maximum absolute atomic E-state index is 12.3. The number of rotatable bonds is 9. The molecule has 2 rings (SSSR count). The largest absolute Gasteiger partial charge is 0.462 e. The predicted molar refractivity (Wildman–Crippen MR) is 103 cm³/mol. The normalized spacial score (nSPS) is 10.5. The molecule has 2 N–H and O–H groups in total. The maximum atomic E-state index is 12.3. The van der Waals surface area contributed by atoms with Crippen LogP contribution in [0.3, 0.4) is 0 Å². The topological polar surface area (TPSA) is 97.6 Å². The summed E-state index contributed by atoms with van der Waals surface area (Å²) >= 11 is 1.38. The highest BCUT2D eigenvalue weighted by Gasteiger charge is 2.23. The third-order valence-electron chi connectivity index (χ3n) is 3.91. The molecule has 0 saturated heterocycles. The fraction of sp³-hybridized carbons (Fsp3) is 0.421. The fourth-order valence-electron chi connectivity index (χ4n) is 2.65. The van der Waals surface area contributed by atoms with Crippen LogP contribution in [-0.4, -0.2) is 30.9 Å². The molecule has 7 nitrogen and oxygen atoms in total. The van der Waals surface area contributed by atoms with Crippen molar-refractivity contribution in [2.24, 2.45) is 0 Å². The Balaban J connectivity index is 1.89. The Morgan fingerprint density at radius 2 is 2.04 bits per heavy atom. The number of anilines is 1. The van der Waals surface area contributed by atoms with Gasteiger partial charge in [-0.3, -0.25) is 9.59 Å². The molecule has 0 saturated carbocycles. The molecule has 8 heteroatoms. The van der Waals surface area contributed by atoms with E-state index in [2.05, 4.69) is 10.6 Å². The van der Waals surface area contributed by atoms with E-state index in [1.54, 1.807) is 19.1 Å². The summed E-state index contributed by atoms with van der Waals surface area (Å²) < 4.78 is 10.1. The molecule has 0 spiro atoms. The number of hydrogen-bond donors (Lipinski definition) is 2. The number of aryl methyl sites for hydroxylation is 1. The number of ether oxygens (including phenoxy) is 1. The average Bonchev–Trinajstić information content (AvgIpc) is 3.26. The Kier molecular flexibility index (Phi) is 7.60. The number of hydrogen-bond acceptors (Lipinski definition) is 6. The van der Waals surface area contributed by atoms with Crippen molar-refractivity contribution in [2.75, 3.05) is 18.5 Å². The van der Waals surface area contributed by atoms with Gasteiger partial charge in [-0.25, -0.2) is 4.79 Å². The van der Waals surface area contributed by atoms with E-state index >= 15 is 0 Å². The van der Waals surface area contributed by atoms with Crippen molar-refractivity contribution in [3.63, 3.8) is 0 Å². The van der Waals surface area contributed by atoms with E-state index in [1.807, 2.05) is 13.8 Å². The predicted octanol–water partition coefficient (Wildman–Crippen LogP) is 3.54. The smallest absolute Gasteiger partial charge is 0.341 e. The van der Waals surface area contributed by atoms with E-state index in [0.29, 0.717) is 30.0 Å². The summed E-state index contributed by atoms with van der Waals surface area (Å²) in [5.41, 5.74) is 1.35. The molecule has 0 unspecified atom stereocenters. The van der Waals surface area contributed by atoms with Crippen LogP contribution < -0.4 is 10.6 Å². The van der Waals surface area contributed by atoms with Gasteiger partial charge in [0.1, 0.15) is 5.00 Å². The van der Waals surface area contributed by atoms with E-state index < -0.39 is 5.97 Å². The second-order valence-corrected chi connectivity index (χ2v) is 7.02. The van der Waals surface area contributed by atoms with Crippen molar-refractivity contribution in [2.45, 2.75) is 40.0 Å². The number of furan rings is 1. The van der Waals surface area contributed by atoms with Crippen molar-refractivity contribution < 1.29 is 23.5 Å². The van der Waals surface area contributed by atoms with Gasteiger partial charge in [0.25, 0.3) is 5.91 Å². The van der Waals surface area contributed by atoms with Crippen LogP contribution in [0.1, 0.15) is 58.0 Å². The van der Waals surface area contributed by atoms with Crippen molar-refractivity contribution in [1.82, 2.24) is 5.32 Å². The maximum Gasteiger partial charge on any atom is 0.341 e. The molecule has 2 heterocycles. The standard InChI is InChI=1S/C19H24N2O5S/c1-4-13-12(3)27-18(16(13)19(24)25-5-2)21-15(22)9-6-10-20-17(23)14-8-7-11-26-14/h7-8,11H,4-6,9-10H2,1-3H3,(H,20,23)(H,21,22). The molecule has 27 heavy (non-hydrogen) atoms. The minimum atomic E-state index is -0.417. The molecular weight excluding hydrogens is 368 g/mol. The van der Waals surface area contributed by atoms with Crippen LogP contribution >= 0.6 is 11.3 Å². The summed E-state index contributed by atoms with van der Waals surface area (Å²) in [6.45, 7) is 6.26. The Morgan fingerprint density at radius 3 is 2.67 bits per heavy atom. The highest BCUT2D eigenvalue weighted by molar-refractivity contribution is 7.16. The minimum absolute atomic E-state index is 0.211. The van der Waals surface area contributed by atoms with E-state index in [4.69, 9.17) is 9.15 Å². The number of amides is 2. The first-order valence-corrected chi connectivity index (χ1v) is 9.70. The van der Waals surface area contributed by atoms with Gasteiger partial charge in [-0.05, 0) is 44.4 Å². The van der Waals surface area contributed by atoms with Gasteiger partial charge >= 0.3 is 5.97 Å². The van der Waals surface area contributed by atoms with Gasteiger partial charge < -0.3 is 19.8 Å². The van der Waals surface area contributed by atoms with E-state index in [9.17, 15) is 14.4 Å². The van der Waals surface area contributed by atoms with Crippen molar-refractivity contribution in [1.29, 1.82) is 0 Å². The Bertz CT molecular complexity index is 795. The number of nitrogens with one attached hydrogen (secondary N) is 2. The molecule has 2 aromatic heterocycles. The zero-order valence-corrected chi connectivity index (χ0v) is 16.5. The first-order valence-electron chi connectivity index (χ1n) is 8.88. The summed E-state index contributed by atoms with van der Waals surface area (Å²) in [6.07, 6.45) is 2.80. The Morgan fingerprint density at radius 1 is 1.26 bits per heavy atom. The third kappa shape index (κ3) is 5.43. The molecule has 0 aromatic carbocycles. The highest BCUT2D eigenvalue weighted by atomic mass is 32.1. The number of thiophene rings is 1. The van der Waals surface area contributed by atoms with Gasteiger partial charge in [0.15, 0.2) is 5.76 Å². The molecule has 0 bridgehead atoms. The molecule has 0 atom stereocenters. The number of carbonyl (C=O) groups excluding carboxylic acids is 3. The summed E-state index contributed by atoms with van der Waals surface area (Å²) in [5, 5.41) is 6.02. The van der Waals surface area contributed by atoms with Gasteiger partial charge in [0, 0.05) is 17.8 Å². The van der Waals surface area contributed by atoms with Crippen LogP contribution in [0, 0.1) is 6.92 Å².